The Morgan fingerprint density at radius 3 is 1.75 bits per heavy atom. The summed E-state index contributed by atoms with van der Waals surface area (Å²) < 4.78 is 0. The number of hydrogen-bond donors (Lipinski definition) is 0. The Bertz CT molecular complexity index is 29.7. The molecule has 0 atom stereocenters. The molecule has 0 bridgehead atoms. The fraction of sp³-hybridized carbons (Fsp3) is 0.667. The zero-order chi connectivity index (χ0) is 4.99. The Morgan fingerprint density at radius 1 is 1.38 bits per heavy atom. The molecule has 1 nitrogen and oxygen atoms in total. The van der Waals surface area contributed by atoms with Gasteiger partial charge >= 0.3 is 0 Å². The summed E-state index contributed by atoms with van der Waals surface area (Å²) in [6, 6.07) is 0. The average molecular weight is 190 g/mol. The van der Waals surface area contributed by atoms with Crippen LogP contribution in [0.5, 0.6) is 0 Å². The van der Waals surface area contributed by atoms with E-state index in [1.165, 1.54) is 0 Å². The van der Waals surface area contributed by atoms with E-state index < -0.39 is 0 Å². The van der Waals surface area contributed by atoms with E-state index >= 15 is 0 Å². The molecular weight excluding hydrogens is 175 g/mol. The third kappa shape index (κ3) is 15.7. The first-order chi connectivity index (χ1) is 2.77. The second-order valence-electron chi connectivity index (χ2n) is 1.55. The van der Waals surface area contributed by atoms with Crippen LogP contribution in [0.4, 0.5) is 0 Å². The van der Waals surface area contributed by atoms with Gasteiger partial charge in [0.15, 0.2) is 0 Å². The van der Waals surface area contributed by atoms with E-state index in [-0.39, 0.29) is 40.1 Å². The fourth-order valence-corrected chi connectivity index (χ4v) is 0.365. The van der Waals surface area contributed by atoms with Gasteiger partial charge in [-0.1, -0.05) is 6.92 Å². The first kappa shape index (κ1) is 16.0. The van der Waals surface area contributed by atoms with Gasteiger partial charge in [-0.3, -0.25) is 6.54 Å². The molecule has 49 valence electrons. The molecule has 0 spiro atoms. The van der Waals surface area contributed by atoms with Gasteiger partial charge in [-0.15, -0.1) is 0 Å². The zero-order valence-corrected chi connectivity index (χ0v) is 9.15. The van der Waals surface area contributed by atoms with Crippen molar-refractivity contribution in [2.75, 3.05) is 14.1 Å². The Labute approximate surface area is 78.7 Å². The molecule has 1 radical (unpaired) electrons. The predicted octanol–water partition coefficient (Wildman–Crippen LogP) is 1.57. The van der Waals surface area contributed by atoms with E-state index in [9.17, 15) is 0 Å². The van der Waals surface area contributed by atoms with E-state index in [0.717, 1.165) is 6.42 Å². The van der Waals surface area contributed by atoms with Crippen LogP contribution in [0.3, 0.4) is 0 Å². The molecule has 0 aromatic carbocycles. The van der Waals surface area contributed by atoms with Crippen LogP contribution in [0.1, 0.15) is 13.3 Å². The second kappa shape index (κ2) is 10.9. The van der Waals surface area contributed by atoms with E-state index in [2.05, 4.69) is 18.4 Å². The molecule has 0 N–H and O–H groups in total. The summed E-state index contributed by atoms with van der Waals surface area (Å²) in [5.74, 6) is 0. The van der Waals surface area contributed by atoms with Crippen LogP contribution in [0.2, 0.25) is 0 Å². The maximum atomic E-state index is 2.12. The van der Waals surface area contributed by atoms with Gasteiger partial charge in [0.2, 0.25) is 0 Å². The van der Waals surface area contributed by atoms with Crippen LogP contribution < -0.4 is 0 Å². The van der Waals surface area contributed by atoms with Crippen molar-refractivity contribution in [3.05, 3.63) is 14.0 Å². The van der Waals surface area contributed by atoms with Gasteiger partial charge in [-0.05, 0) is 14.1 Å². The van der Waals surface area contributed by atoms with Gasteiger partial charge in [0.05, 0.1) is 0 Å². The first-order valence-electron chi connectivity index (χ1n) is 2.27. The van der Waals surface area contributed by atoms with Gasteiger partial charge in [0, 0.05) is 32.7 Å². The van der Waals surface area contributed by atoms with Crippen LogP contribution in [0, 0.1) is 14.0 Å². The van der Waals surface area contributed by atoms with Crippen LogP contribution in [-0.4, -0.2) is 19.0 Å². The van der Waals surface area contributed by atoms with E-state index in [1.807, 2.05) is 14.1 Å². The van der Waals surface area contributed by atoms with Crippen molar-refractivity contribution in [3.63, 3.8) is 0 Å². The minimum Gasteiger partial charge on any atom is -0.462 e. The molecule has 0 saturated heterocycles. The maximum Gasteiger partial charge on any atom is 0 e. The van der Waals surface area contributed by atoms with Crippen LogP contribution >= 0.6 is 0 Å². The summed E-state index contributed by atoms with van der Waals surface area (Å²) in [4.78, 5) is 2.06. The molecule has 0 heterocycles. The summed E-state index contributed by atoms with van der Waals surface area (Å²) in [7, 11) is 4.06. The molecule has 0 aliphatic rings. The molecule has 0 amide bonds. The monoisotopic (exact) mass is 190 g/mol. The summed E-state index contributed by atoms with van der Waals surface area (Å²) in [5.41, 5.74) is 0. The van der Waals surface area contributed by atoms with Crippen LogP contribution in [-0.2, 0) is 32.7 Å². The summed E-state index contributed by atoms with van der Waals surface area (Å²) in [6.45, 7) is 4.25. The molecular formula is C6H15NY-2. The van der Waals surface area contributed by atoms with Gasteiger partial charge in [-0.2, -0.15) is 6.42 Å². The Hall–Kier alpha value is 1.06. The maximum absolute atomic E-state index is 2.12. The zero-order valence-electron chi connectivity index (χ0n) is 6.31. The standard InChI is InChI=1S/C5H12N.CH3.Y/c1-4-5-6(2)3;;/h5H,4H2,1-3H3;1H3;/q2*-1;. The Balaban J connectivity index is -0.000000125. The molecule has 0 unspecified atom stereocenters. The topological polar surface area (TPSA) is 3.24 Å². The molecule has 0 aromatic heterocycles. The minimum atomic E-state index is 0. The van der Waals surface area contributed by atoms with Crippen molar-refractivity contribution in [1.29, 1.82) is 0 Å². The quantitative estimate of drug-likeness (QED) is 0.597. The predicted molar refractivity (Wildman–Crippen MR) is 34.7 cm³/mol. The second-order valence-corrected chi connectivity index (χ2v) is 1.55. The average Bonchev–Trinajstić information content (AvgIpc) is 1.35. The van der Waals surface area contributed by atoms with Gasteiger partial charge in [-0.25, -0.2) is 0 Å². The minimum absolute atomic E-state index is 0. The first-order valence-corrected chi connectivity index (χ1v) is 2.27. The molecule has 2 heteroatoms. The van der Waals surface area contributed by atoms with Crippen molar-refractivity contribution in [1.82, 2.24) is 4.90 Å². The molecule has 0 aliphatic heterocycles. The largest absolute Gasteiger partial charge is 0.462 e. The smallest absolute Gasteiger partial charge is 0 e. The SMILES string of the molecule is CC[CH-]N(C)C.[CH3-].[Y]. The van der Waals surface area contributed by atoms with Gasteiger partial charge in [0.25, 0.3) is 0 Å². The molecule has 0 aromatic rings. The summed E-state index contributed by atoms with van der Waals surface area (Å²) >= 11 is 0. The molecule has 0 fully saturated rings. The number of nitrogens with zero attached hydrogens (tertiary/aromatic N) is 1. The van der Waals surface area contributed by atoms with Crippen molar-refractivity contribution in [2.24, 2.45) is 0 Å². The molecule has 8 heavy (non-hydrogen) atoms. The van der Waals surface area contributed by atoms with E-state index in [4.69, 9.17) is 0 Å². The molecule has 0 rings (SSSR count). The van der Waals surface area contributed by atoms with Crippen molar-refractivity contribution in [2.45, 2.75) is 13.3 Å². The van der Waals surface area contributed by atoms with Gasteiger partial charge < -0.3 is 12.3 Å². The third-order valence-electron chi connectivity index (χ3n) is 0.548. The summed E-state index contributed by atoms with van der Waals surface area (Å²) in [5, 5.41) is 0. The van der Waals surface area contributed by atoms with Crippen molar-refractivity contribution < 1.29 is 32.7 Å². The Morgan fingerprint density at radius 2 is 1.75 bits per heavy atom. The van der Waals surface area contributed by atoms with Crippen LogP contribution in [0.15, 0.2) is 0 Å². The third-order valence-corrected chi connectivity index (χ3v) is 0.548. The molecule has 0 saturated carbocycles. The number of hydrogen-bond acceptors (Lipinski definition) is 1. The molecule has 0 aliphatic carbocycles. The fourth-order valence-electron chi connectivity index (χ4n) is 0.365. The van der Waals surface area contributed by atoms with Gasteiger partial charge in [0.1, 0.15) is 0 Å². The normalized spacial score (nSPS) is 7.50. The van der Waals surface area contributed by atoms with Crippen molar-refractivity contribution in [3.8, 4) is 0 Å². The summed E-state index contributed by atoms with van der Waals surface area (Å²) in [6.07, 6.45) is 1.13. The van der Waals surface area contributed by atoms with Crippen LogP contribution in [0.25, 0.3) is 0 Å². The van der Waals surface area contributed by atoms with Crippen molar-refractivity contribution >= 4 is 0 Å². The van der Waals surface area contributed by atoms with E-state index in [1.54, 1.807) is 0 Å². The Kier molecular flexibility index (Phi) is 21.9. The number of rotatable bonds is 2. The van der Waals surface area contributed by atoms with E-state index in [0.29, 0.717) is 0 Å².